The van der Waals surface area contributed by atoms with Crippen LogP contribution in [-0.4, -0.2) is 32.5 Å². The van der Waals surface area contributed by atoms with Gasteiger partial charge in [0.1, 0.15) is 17.9 Å². The minimum absolute atomic E-state index is 0.0811. The fraction of sp³-hybridized carbons (Fsp3) is 0.211. The summed E-state index contributed by atoms with van der Waals surface area (Å²) in [6.07, 6.45) is -1.75. The summed E-state index contributed by atoms with van der Waals surface area (Å²) in [5.74, 6) is -0.670. The van der Waals surface area contributed by atoms with Crippen LogP contribution in [-0.2, 0) is 19.8 Å². The van der Waals surface area contributed by atoms with Crippen LogP contribution in [0.2, 0.25) is 0 Å². The van der Waals surface area contributed by atoms with E-state index in [2.05, 4.69) is 20.3 Å². The standard InChI is InChI=1S/C19H16F3N5O3/c1-27-16(26-14(8-17(27)28)13-5-6-23-10-25-13)9-24-18(29)12-4-3-11(19(20,21)22)7-15(12)30-2/h3-8,10H,9H2,1-2H3,(H,24,29). The third-order valence-electron chi connectivity index (χ3n) is 4.25. The van der Waals surface area contributed by atoms with E-state index in [0.29, 0.717) is 11.4 Å². The summed E-state index contributed by atoms with van der Waals surface area (Å²) in [6, 6.07) is 5.45. The number of hydrogen-bond acceptors (Lipinski definition) is 6. The normalized spacial score (nSPS) is 11.2. The van der Waals surface area contributed by atoms with Crippen LogP contribution >= 0.6 is 0 Å². The molecule has 30 heavy (non-hydrogen) atoms. The van der Waals surface area contributed by atoms with Crippen LogP contribution < -0.4 is 15.6 Å². The molecular weight excluding hydrogens is 403 g/mol. The lowest BCUT2D eigenvalue weighted by atomic mass is 10.1. The van der Waals surface area contributed by atoms with Crippen LogP contribution in [0.15, 0.2) is 47.7 Å². The van der Waals surface area contributed by atoms with E-state index in [-0.39, 0.29) is 29.2 Å². The van der Waals surface area contributed by atoms with Crippen LogP contribution in [0.4, 0.5) is 13.2 Å². The topological polar surface area (TPSA) is 99.0 Å². The maximum Gasteiger partial charge on any atom is 0.416 e. The van der Waals surface area contributed by atoms with Gasteiger partial charge >= 0.3 is 6.18 Å². The number of aromatic nitrogens is 4. The summed E-state index contributed by atoms with van der Waals surface area (Å²) < 4.78 is 44.8. The number of ether oxygens (including phenoxy) is 1. The van der Waals surface area contributed by atoms with E-state index in [4.69, 9.17) is 4.74 Å². The molecule has 3 aromatic rings. The number of nitrogens with zero attached hydrogens (tertiary/aromatic N) is 4. The van der Waals surface area contributed by atoms with Gasteiger partial charge in [-0.25, -0.2) is 15.0 Å². The fourth-order valence-electron chi connectivity index (χ4n) is 2.63. The van der Waals surface area contributed by atoms with E-state index < -0.39 is 17.6 Å². The highest BCUT2D eigenvalue weighted by Crippen LogP contribution is 2.33. The molecule has 0 radical (unpaired) electrons. The molecule has 1 aromatic carbocycles. The Kier molecular flexibility index (Phi) is 5.81. The van der Waals surface area contributed by atoms with E-state index in [1.165, 1.54) is 37.3 Å². The van der Waals surface area contributed by atoms with Crippen molar-refractivity contribution in [1.82, 2.24) is 24.8 Å². The molecule has 0 saturated carbocycles. The second-order valence-corrected chi connectivity index (χ2v) is 6.14. The number of carbonyl (C=O) groups is 1. The molecule has 8 nitrogen and oxygen atoms in total. The Balaban J connectivity index is 1.84. The number of benzene rings is 1. The molecule has 11 heteroatoms. The first kappa shape index (κ1) is 21.0. The number of hydrogen-bond donors (Lipinski definition) is 1. The summed E-state index contributed by atoms with van der Waals surface area (Å²) in [5.41, 5.74) is -0.647. The van der Waals surface area contributed by atoms with Crippen molar-refractivity contribution in [3.05, 3.63) is 70.2 Å². The van der Waals surface area contributed by atoms with Gasteiger partial charge in [0.15, 0.2) is 0 Å². The molecule has 0 aliphatic rings. The summed E-state index contributed by atoms with van der Waals surface area (Å²) >= 11 is 0. The van der Waals surface area contributed by atoms with Crippen molar-refractivity contribution in [2.75, 3.05) is 7.11 Å². The molecule has 2 aromatic heterocycles. The zero-order valence-electron chi connectivity index (χ0n) is 15.9. The Morgan fingerprint density at radius 2 is 1.97 bits per heavy atom. The molecule has 0 aliphatic carbocycles. The highest BCUT2D eigenvalue weighted by atomic mass is 19.4. The maximum atomic E-state index is 12.9. The fourth-order valence-corrected chi connectivity index (χ4v) is 2.63. The molecule has 0 atom stereocenters. The zero-order valence-corrected chi connectivity index (χ0v) is 15.9. The van der Waals surface area contributed by atoms with E-state index in [9.17, 15) is 22.8 Å². The lowest BCUT2D eigenvalue weighted by Gasteiger charge is -2.14. The van der Waals surface area contributed by atoms with Gasteiger partial charge in [0, 0.05) is 19.3 Å². The van der Waals surface area contributed by atoms with E-state index in [0.717, 1.165) is 18.2 Å². The first-order valence-electron chi connectivity index (χ1n) is 8.57. The number of alkyl halides is 3. The van der Waals surface area contributed by atoms with Crippen molar-refractivity contribution < 1.29 is 22.7 Å². The van der Waals surface area contributed by atoms with Gasteiger partial charge in [-0.1, -0.05) is 0 Å². The number of carbonyl (C=O) groups excluding carboxylic acids is 1. The van der Waals surface area contributed by atoms with Crippen LogP contribution in [0, 0.1) is 0 Å². The molecule has 0 unspecified atom stereocenters. The summed E-state index contributed by atoms with van der Waals surface area (Å²) in [5, 5.41) is 2.54. The van der Waals surface area contributed by atoms with Crippen molar-refractivity contribution in [3.8, 4) is 17.1 Å². The number of amides is 1. The maximum absolute atomic E-state index is 12.9. The predicted molar refractivity (Wildman–Crippen MR) is 99.7 cm³/mol. The SMILES string of the molecule is COc1cc(C(F)(F)F)ccc1C(=O)NCc1nc(-c2ccncn2)cc(=O)n1C. The number of rotatable bonds is 5. The number of methoxy groups -OCH3 is 1. The molecule has 0 bridgehead atoms. The van der Waals surface area contributed by atoms with Crippen molar-refractivity contribution in [2.45, 2.75) is 12.7 Å². The van der Waals surface area contributed by atoms with Gasteiger partial charge in [-0.15, -0.1) is 0 Å². The van der Waals surface area contributed by atoms with Gasteiger partial charge in [0.2, 0.25) is 0 Å². The highest BCUT2D eigenvalue weighted by Gasteiger charge is 2.31. The monoisotopic (exact) mass is 419 g/mol. The molecule has 0 saturated heterocycles. The lowest BCUT2D eigenvalue weighted by molar-refractivity contribution is -0.137. The van der Waals surface area contributed by atoms with E-state index in [1.807, 2.05) is 0 Å². The van der Waals surface area contributed by atoms with Gasteiger partial charge in [0.05, 0.1) is 36.2 Å². The van der Waals surface area contributed by atoms with Gasteiger partial charge in [-0.05, 0) is 24.3 Å². The Labute approximate surface area is 168 Å². The van der Waals surface area contributed by atoms with Crippen LogP contribution in [0.1, 0.15) is 21.7 Å². The minimum atomic E-state index is -4.56. The first-order chi connectivity index (χ1) is 14.2. The average Bonchev–Trinajstić information content (AvgIpc) is 2.73. The molecule has 0 spiro atoms. The third-order valence-corrected chi connectivity index (χ3v) is 4.25. The lowest BCUT2D eigenvalue weighted by Crippen LogP contribution is -2.29. The molecule has 3 rings (SSSR count). The van der Waals surface area contributed by atoms with Crippen molar-refractivity contribution in [2.24, 2.45) is 7.05 Å². The Morgan fingerprint density at radius 1 is 1.20 bits per heavy atom. The zero-order chi connectivity index (χ0) is 21.9. The highest BCUT2D eigenvalue weighted by molar-refractivity contribution is 5.97. The van der Waals surface area contributed by atoms with Crippen molar-refractivity contribution >= 4 is 5.91 Å². The molecule has 1 N–H and O–H groups in total. The quantitative estimate of drug-likeness (QED) is 0.681. The van der Waals surface area contributed by atoms with E-state index in [1.54, 1.807) is 6.07 Å². The summed E-state index contributed by atoms with van der Waals surface area (Å²) in [7, 11) is 2.65. The van der Waals surface area contributed by atoms with Crippen molar-refractivity contribution in [3.63, 3.8) is 0 Å². The van der Waals surface area contributed by atoms with Gasteiger partial charge in [0.25, 0.3) is 11.5 Å². The van der Waals surface area contributed by atoms with E-state index >= 15 is 0 Å². The minimum Gasteiger partial charge on any atom is -0.496 e. The molecule has 0 fully saturated rings. The Hall–Kier alpha value is -3.76. The largest absolute Gasteiger partial charge is 0.496 e. The third kappa shape index (κ3) is 4.45. The molecular formula is C19H16F3N5O3. The van der Waals surface area contributed by atoms with Crippen LogP contribution in [0.3, 0.4) is 0 Å². The molecule has 0 aliphatic heterocycles. The van der Waals surface area contributed by atoms with Gasteiger partial charge < -0.3 is 10.1 Å². The second-order valence-electron chi connectivity index (χ2n) is 6.14. The smallest absolute Gasteiger partial charge is 0.416 e. The predicted octanol–water partition coefficient (Wildman–Crippen LogP) is 2.19. The van der Waals surface area contributed by atoms with Crippen LogP contribution in [0.5, 0.6) is 5.75 Å². The van der Waals surface area contributed by atoms with Crippen molar-refractivity contribution in [1.29, 1.82) is 0 Å². The Bertz CT molecular complexity index is 1130. The second kappa shape index (κ2) is 8.31. The summed E-state index contributed by atoms with van der Waals surface area (Å²) in [6.45, 7) is -0.145. The Morgan fingerprint density at radius 3 is 2.60 bits per heavy atom. The summed E-state index contributed by atoms with van der Waals surface area (Å²) in [4.78, 5) is 36.9. The molecule has 1 amide bonds. The van der Waals surface area contributed by atoms with Crippen LogP contribution in [0.25, 0.3) is 11.4 Å². The van der Waals surface area contributed by atoms with Gasteiger partial charge in [-0.2, -0.15) is 13.2 Å². The van der Waals surface area contributed by atoms with Gasteiger partial charge in [-0.3, -0.25) is 14.2 Å². The number of nitrogens with one attached hydrogen (secondary N) is 1. The average molecular weight is 419 g/mol. The number of halogens is 3. The molecule has 2 heterocycles. The molecule has 156 valence electrons. The first-order valence-corrected chi connectivity index (χ1v) is 8.57.